The molecule has 0 aliphatic rings. The van der Waals surface area contributed by atoms with Crippen LogP contribution in [-0.2, 0) is 4.79 Å². The van der Waals surface area contributed by atoms with E-state index in [1.165, 1.54) is 0 Å². The lowest BCUT2D eigenvalue weighted by Crippen LogP contribution is -2.24. The van der Waals surface area contributed by atoms with E-state index in [4.69, 9.17) is 0 Å². The minimum atomic E-state index is -0.366. The second kappa shape index (κ2) is 8.99. The molecule has 1 heterocycles. The van der Waals surface area contributed by atoms with Crippen LogP contribution in [0.4, 0.5) is 11.5 Å². The zero-order chi connectivity index (χ0) is 19.1. The van der Waals surface area contributed by atoms with Gasteiger partial charge in [0.1, 0.15) is 5.82 Å². The molecule has 0 bridgehead atoms. The van der Waals surface area contributed by atoms with Crippen molar-refractivity contribution in [2.24, 2.45) is 0 Å². The zero-order valence-electron chi connectivity index (χ0n) is 15.8. The second-order valence-electron chi connectivity index (χ2n) is 6.32. The van der Waals surface area contributed by atoms with Gasteiger partial charge in [0.2, 0.25) is 5.91 Å². The van der Waals surface area contributed by atoms with E-state index in [9.17, 15) is 4.79 Å². The molecule has 0 atom stereocenters. The lowest BCUT2D eigenvalue weighted by Gasteiger charge is -2.20. The maximum atomic E-state index is 13.1. The summed E-state index contributed by atoms with van der Waals surface area (Å²) in [7, 11) is 0. The number of amides is 1. The van der Waals surface area contributed by atoms with Crippen LogP contribution in [0.25, 0.3) is 0 Å². The lowest BCUT2D eigenvalue weighted by atomic mass is 9.90. The molecule has 2 aromatic carbocycles. The average molecular weight is 359 g/mol. The summed E-state index contributed by atoms with van der Waals surface area (Å²) in [6.07, 6.45) is 1.72. The number of pyridine rings is 1. The van der Waals surface area contributed by atoms with Crippen molar-refractivity contribution in [3.05, 3.63) is 90.1 Å². The van der Waals surface area contributed by atoms with Crippen molar-refractivity contribution in [3.8, 4) is 0 Å². The van der Waals surface area contributed by atoms with Crippen LogP contribution in [0.15, 0.2) is 79.0 Å². The number of carbonyl (C=O) groups excluding carboxylic acids is 1. The molecule has 0 aliphatic heterocycles. The lowest BCUT2D eigenvalue weighted by molar-refractivity contribution is -0.116. The first-order valence-corrected chi connectivity index (χ1v) is 9.34. The fourth-order valence-electron chi connectivity index (χ4n) is 3.20. The highest BCUT2D eigenvalue weighted by Crippen LogP contribution is 2.26. The summed E-state index contributed by atoms with van der Waals surface area (Å²) in [5, 5.41) is 3.02. The SMILES string of the molecule is CCN(CC)c1ccc(NC(=O)C(c2ccccc2)c2ccccc2)cn1. The summed E-state index contributed by atoms with van der Waals surface area (Å²) >= 11 is 0. The van der Waals surface area contributed by atoms with Crippen molar-refractivity contribution in [2.45, 2.75) is 19.8 Å². The Hall–Kier alpha value is -3.14. The smallest absolute Gasteiger partial charge is 0.236 e. The van der Waals surface area contributed by atoms with Gasteiger partial charge < -0.3 is 10.2 Å². The molecule has 1 N–H and O–H groups in total. The van der Waals surface area contributed by atoms with Crippen LogP contribution in [0.3, 0.4) is 0 Å². The first-order valence-electron chi connectivity index (χ1n) is 9.34. The zero-order valence-corrected chi connectivity index (χ0v) is 15.8. The molecule has 138 valence electrons. The van der Waals surface area contributed by atoms with Crippen molar-refractivity contribution in [1.29, 1.82) is 0 Å². The Labute approximate surface area is 160 Å². The Morgan fingerprint density at radius 1 is 0.889 bits per heavy atom. The molecule has 3 rings (SSSR count). The van der Waals surface area contributed by atoms with Crippen molar-refractivity contribution in [2.75, 3.05) is 23.3 Å². The Morgan fingerprint density at radius 2 is 1.44 bits per heavy atom. The van der Waals surface area contributed by atoms with Gasteiger partial charge in [-0.05, 0) is 37.1 Å². The minimum Gasteiger partial charge on any atom is -0.357 e. The van der Waals surface area contributed by atoms with Gasteiger partial charge in [-0.25, -0.2) is 4.98 Å². The number of carbonyl (C=O) groups is 1. The van der Waals surface area contributed by atoms with Crippen LogP contribution in [0.2, 0.25) is 0 Å². The maximum Gasteiger partial charge on any atom is 0.236 e. The Bertz CT molecular complexity index is 804. The van der Waals surface area contributed by atoms with E-state index in [0.717, 1.165) is 30.0 Å². The molecular formula is C23H25N3O. The van der Waals surface area contributed by atoms with Crippen molar-refractivity contribution >= 4 is 17.4 Å². The van der Waals surface area contributed by atoms with E-state index in [1.54, 1.807) is 6.20 Å². The third kappa shape index (κ3) is 4.53. The van der Waals surface area contributed by atoms with Gasteiger partial charge in [0.15, 0.2) is 0 Å². The molecule has 1 aromatic heterocycles. The van der Waals surface area contributed by atoms with Crippen molar-refractivity contribution in [3.63, 3.8) is 0 Å². The summed E-state index contributed by atoms with van der Waals surface area (Å²) in [5.41, 5.74) is 2.63. The van der Waals surface area contributed by atoms with Gasteiger partial charge in [0, 0.05) is 13.1 Å². The highest BCUT2D eigenvalue weighted by molar-refractivity contribution is 5.98. The number of aromatic nitrogens is 1. The Morgan fingerprint density at radius 3 is 1.89 bits per heavy atom. The monoisotopic (exact) mass is 359 g/mol. The van der Waals surface area contributed by atoms with E-state index >= 15 is 0 Å². The quantitative estimate of drug-likeness (QED) is 0.665. The molecule has 3 aromatic rings. The molecule has 0 saturated carbocycles. The third-order valence-corrected chi connectivity index (χ3v) is 4.63. The van der Waals surface area contributed by atoms with Crippen LogP contribution in [-0.4, -0.2) is 24.0 Å². The fourth-order valence-corrected chi connectivity index (χ4v) is 3.20. The van der Waals surface area contributed by atoms with E-state index in [1.807, 2.05) is 72.8 Å². The highest BCUT2D eigenvalue weighted by Gasteiger charge is 2.22. The van der Waals surface area contributed by atoms with Crippen LogP contribution < -0.4 is 10.2 Å². The van der Waals surface area contributed by atoms with E-state index in [0.29, 0.717) is 5.69 Å². The molecule has 1 amide bonds. The predicted octanol–water partition coefficient (Wildman–Crippen LogP) is 4.70. The molecule has 0 unspecified atom stereocenters. The molecule has 0 saturated heterocycles. The molecule has 4 heteroatoms. The number of hydrogen-bond acceptors (Lipinski definition) is 3. The predicted molar refractivity (Wildman–Crippen MR) is 111 cm³/mol. The Kier molecular flexibility index (Phi) is 6.21. The van der Waals surface area contributed by atoms with E-state index in [2.05, 4.69) is 29.0 Å². The summed E-state index contributed by atoms with van der Waals surface area (Å²) in [6, 6.07) is 23.5. The van der Waals surface area contributed by atoms with Gasteiger partial charge in [-0.2, -0.15) is 0 Å². The van der Waals surface area contributed by atoms with Gasteiger partial charge in [0.05, 0.1) is 17.8 Å². The summed E-state index contributed by atoms with van der Waals surface area (Å²) < 4.78 is 0. The van der Waals surface area contributed by atoms with Gasteiger partial charge >= 0.3 is 0 Å². The summed E-state index contributed by atoms with van der Waals surface area (Å²) in [4.78, 5) is 19.8. The molecule has 0 radical (unpaired) electrons. The highest BCUT2D eigenvalue weighted by atomic mass is 16.1. The number of nitrogens with one attached hydrogen (secondary N) is 1. The van der Waals surface area contributed by atoms with Crippen LogP contribution in [0.1, 0.15) is 30.9 Å². The van der Waals surface area contributed by atoms with Crippen LogP contribution in [0.5, 0.6) is 0 Å². The fraction of sp³-hybridized carbons (Fsp3) is 0.217. The normalized spacial score (nSPS) is 10.6. The number of rotatable bonds is 7. The summed E-state index contributed by atoms with van der Waals surface area (Å²) in [6.45, 7) is 6.01. The van der Waals surface area contributed by atoms with Gasteiger partial charge in [-0.1, -0.05) is 60.7 Å². The molecular weight excluding hydrogens is 334 g/mol. The number of benzene rings is 2. The van der Waals surface area contributed by atoms with Gasteiger partial charge in [0.25, 0.3) is 0 Å². The molecule has 0 spiro atoms. The van der Waals surface area contributed by atoms with Crippen molar-refractivity contribution < 1.29 is 4.79 Å². The second-order valence-corrected chi connectivity index (χ2v) is 6.32. The minimum absolute atomic E-state index is 0.0650. The standard InChI is InChI=1S/C23H25N3O/c1-3-26(4-2)21-16-15-20(17-24-21)25-23(27)22(18-11-7-5-8-12-18)19-13-9-6-10-14-19/h5-17,22H,3-4H2,1-2H3,(H,25,27). The van der Waals surface area contributed by atoms with Gasteiger partial charge in [-0.3, -0.25) is 4.79 Å². The first-order chi connectivity index (χ1) is 13.2. The average Bonchev–Trinajstić information content (AvgIpc) is 2.72. The maximum absolute atomic E-state index is 13.1. The van der Waals surface area contributed by atoms with E-state index in [-0.39, 0.29) is 11.8 Å². The topological polar surface area (TPSA) is 45.2 Å². The summed E-state index contributed by atoms with van der Waals surface area (Å²) in [5.74, 6) is 0.486. The number of nitrogens with zero attached hydrogens (tertiary/aromatic N) is 2. The molecule has 27 heavy (non-hydrogen) atoms. The largest absolute Gasteiger partial charge is 0.357 e. The molecule has 4 nitrogen and oxygen atoms in total. The number of hydrogen-bond donors (Lipinski definition) is 1. The molecule has 0 aliphatic carbocycles. The van der Waals surface area contributed by atoms with E-state index < -0.39 is 0 Å². The van der Waals surface area contributed by atoms with Crippen LogP contribution >= 0.6 is 0 Å². The number of anilines is 2. The van der Waals surface area contributed by atoms with Crippen LogP contribution in [0, 0.1) is 0 Å². The first kappa shape index (κ1) is 18.6. The van der Waals surface area contributed by atoms with Gasteiger partial charge in [-0.15, -0.1) is 0 Å². The van der Waals surface area contributed by atoms with Crippen molar-refractivity contribution in [1.82, 2.24) is 4.98 Å². The molecule has 0 fully saturated rings. The Balaban J connectivity index is 1.83. The third-order valence-electron chi connectivity index (χ3n) is 4.63.